The molecule has 1 atom stereocenters. The fraction of sp³-hybridized carbons (Fsp3) is 0.625. The van der Waals surface area contributed by atoms with E-state index in [4.69, 9.17) is 4.74 Å². The predicted octanol–water partition coefficient (Wildman–Crippen LogP) is 3.60. The fourth-order valence-corrected chi connectivity index (χ4v) is 2.68. The maximum atomic E-state index is 5.97. The molecule has 18 heavy (non-hydrogen) atoms. The molecule has 0 amide bonds. The molecule has 2 rings (SSSR count). The zero-order valence-electron chi connectivity index (χ0n) is 11.7. The van der Waals surface area contributed by atoms with Crippen LogP contribution in [0.5, 0.6) is 5.75 Å². The van der Waals surface area contributed by atoms with Crippen molar-refractivity contribution >= 4 is 0 Å². The van der Waals surface area contributed by atoms with E-state index in [1.54, 1.807) is 0 Å². The van der Waals surface area contributed by atoms with Crippen molar-refractivity contribution in [1.82, 2.24) is 5.32 Å². The molecular formula is C16H25NO. The van der Waals surface area contributed by atoms with Crippen LogP contribution in [0.2, 0.25) is 0 Å². The Kier molecular flexibility index (Phi) is 5.06. The van der Waals surface area contributed by atoms with E-state index in [0.29, 0.717) is 6.04 Å². The molecule has 1 aromatic carbocycles. The van der Waals surface area contributed by atoms with Gasteiger partial charge in [-0.05, 0) is 50.8 Å². The second-order valence-corrected chi connectivity index (χ2v) is 5.36. The van der Waals surface area contributed by atoms with Gasteiger partial charge in [-0.3, -0.25) is 0 Å². The summed E-state index contributed by atoms with van der Waals surface area (Å²) < 4.78 is 5.97. The van der Waals surface area contributed by atoms with Gasteiger partial charge in [-0.15, -0.1) is 0 Å². The Morgan fingerprint density at radius 2 is 1.94 bits per heavy atom. The lowest BCUT2D eigenvalue weighted by Crippen LogP contribution is -2.29. The van der Waals surface area contributed by atoms with Gasteiger partial charge in [0, 0.05) is 6.04 Å². The number of aryl methyl sites for hydroxylation is 2. The van der Waals surface area contributed by atoms with Crippen LogP contribution in [0.15, 0.2) is 18.2 Å². The van der Waals surface area contributed by atoms with Crippen LogP contribution in [-0.2, 0) is 0 Å². The van der Waals surface area contributed by atoms with Crippen molar-refractivity contribution in [3.8, 4) is 5.75 Å². The van der Waals surface area contributed by atoms with Crippen LogP contribution in [0, 0.1) is 13.8 Å². The maximum absolute atomic E-state index is 5.97. The molecule has 0 aromatic heterocycles. The summed E-state index contributed by atoms with van der Waals surface area (Å²) in [4.78, 5) is 0. The number of rotatable bonds is 4. The van der Waals surface area contributed by atoms with Crippen molar-refractivity contribution in [2.24, 2.45) is 0 Å². The van der Waals surface area contributed by atoms with Crippen LogP contribution < -0.4 is 10.1 Å². The summed E-state index contributed by atoms with van der Waals surface area (Å²) in [6.45, 7) is 6.23. The van der Waals surface area contributed by atoms with Crippen LogP contribution in [0.1, 0.15) is 43.2 Å². The lowest BCUT2D eigenvalue weighted by Gasteiger charge is -2.17. The monoisotopic (exact) mass is 247 g/mol. The first-order chi connectivity index (χ1) is 8.77. The third kappa shape index (κ3) is 3.74. The van der Waals surface area contributed by atoms with E-state index < -0.39 is 0 Å². The Hall–Kier alpha value is -1.02. The lowest BCUT2D eigenvalue weighted by atomic mass is 10.1. The molecule has 1 saturated heterocycles. The highest BCUT2D eigenvalue weighted by molar-refractivity contribution is 5.39. The van der Waals surface area contributed by atoms with Crippen molar-refractivity contribution in [2.45, 2.75) is 52.0 Å². The number of para-hydroxylation sites is 1. The van der Waals surface area contributed by atoms with Gasteiger partial charge in [0.2, 0.25) is 0 Å². The first-order valence-corrected chi connectivity index (χ1v) is 7.20. The second-order valence-electron chi connectivity index (χ2n) is 5.36. The van der Waals surface area contributed by atoms with E-state index in [-0.39, 0.29) is 0 Å². The van der Waals surface area contributed by atoms with Crippen LogP contribution >= 0.6 is 0 Å². The van der Waals surface area contributed by atoms with Crippen molar-refractivity contribution in [1.29, 1.82) is 0 Å². The number of benzene rings is 1. The van der Waals surface area contributed by atoms with Gasteiger partial charge >= 0.3 is 0 Å². The highest BCUT2D eigenvalue weighted by Crippen LogP contribution is 2.22. The molecule has 100 valence electrons. The lowest BCUT2D eigenvalue weighted by molar-refractivity contribution is 0.280. The van der Waals surface area contributed by atoms with E-state index in [9.17, 15) is 0 Å². The van der Waals surface area contributed by atoms with Gasteiger partial charge in [-0.2, -0.15) is 0 Å². The van der Waals surface area contributed by atoms with Crippen molar-refractivity contribution in [3.05, 3.63) is 29.3 Å². The Labute approximate surface area is 111 Å². The van der Waals surface area contributed by atoms with E-state index in [1.807, 2.05) is 0 Å². The van der Waals surface area contributed by atoms with Crippen molar-refractivity contribution < 1.29 is 4.74 Å². The SMILES string of the molecule is Cc1cccc(C)c1OCCC1CCCCCN1. The van der Waals surface area contributed by atoms with Crippen LogP contribution in [0.3, 0.4) is 0 Å². The molecule has 1 unspecified atom stereocenters. The van der Waals surface area contributed by atoms with E-state index in [0.717, 1.165) is 18.8 Å². The highest BCUT2D eigenvalue weighted by atomic mass is 16.5. The predicted molar refractivity (Wildman–Crippen MR) is 76.3 cm³/mol. The third-order valence-corrected chi connectivity index (χ3v) is 3.78. The summed E-state index contributed by atoms with van der Waals surface area (Å²) in [5, 5.41) is 3.62. The van der Waals surface area contributed by atoms with Gasteiger partial charge in [0.15, 0.2) is 0 Å². The van der Waals surface area contributed by atoms with Gasteiger partial charge in [-0.1, -0.05) is 31.0 Å². The van der Waals surface area contributed by atoms with E-state index >= 15 is 0 Å². The molecule has 1 heterocycles. The van der Waals surface area contributed by atoms with Gasteiger partial charge in [0.25, 0.3) is 0 Å². The van der Waals surface area contributed by atoms with Gasteiger partial charge < -0.3 is 10.1 Å². The molecule has 0 aliphatic carbocycles. The normalized spacial score (nSPS) is 20.4. The first-order valence-electron chi connectivity index (χ1n) is 7.20. The molecule has 1 aliphatic rings. The molecule has 1 aromatic rings. The van der Waals surface area contributed by atoms with Gasteiger partial charge in [0.05, 0.1) is 6.61 Å². The molecule has 1 N–H and O–H groups in total. The smallest absolute Gasteiger partial charge is 0.125 e. The molecule has 0 spiro atoms. The average Bonchev–Trinajstić information content (AvgIpc) is 2.61. The molecule has 0 saturated carbocycles. The minimum atomic E-state index is 0.650. The second kappa shape index (κ2) is 6.79. The third-order valence-electron chi connectivity index (χ3n) is 3.78. The maximum Gasteiger partial charge on any atom is 0.125 e. The Balaban J connectivity index is 1.80. The average molecular weight is 247 g/mol. The first kappa shape index (κ1) is 13.4. The molecule has 1 aliphatic heterocycles. The van der Waals surface area contributed by atoms with Gasteiger partial charge in [-0.25, -0.2) is 0 Å². The Morgan fingerprint density at radius 1 is 1.17 bits per heavy atom. The summed E-state index contributed by atoms with van der Waals surface area (Å²) in [7, 11) is 0. The largest absolute Gasteiger partial charge is 0.493 e. The Morgan fingerprint density at radius 3 is 2.72 bits per heavy atom. The van der Waals surface area contributed by atoms with E-state index in [1.165, 1.54) is 43.4 Å². The summed E-state index contributed by atoms with van der Waals surface area (Å²) >= 11 is 0. The summed E-state index contributed by atoms with van der Waals surface area (Å²) in [5.74, 6) is 1.08. The quantitative estimate of drug-likeness (QED) is 0.877. The number of hydrogen-bond donors (Lipinski definition) is 1. The number of ether oxygens (including phenoxy) is 1. The van der Waals surface area contributed by atoms with E-state index in [2.05, 4.69) is 37.4 Å². The van der Waals surface area contributed by atoms with Crippen LogP contribution in [0.4, 0.5) is 0 Å². The fourth-order valence-electron chi connectivity index (χ4n) is 2.68. The zero-order chi connectivity index (χ0) is 12.8. The molecule has 0 bridgehead atoms. The highest BCUT2D eigenvalue weighted by Gasteiger charge is 2.11. The summed E-state index contributed by atoms with van der Waals surface area (Å²) in [6.07, 6.45) is 6.49. The number of hydrogen-bond acceptors (Lipinski definition) is 2. The topological polar surface area (TPSA) is 21.3 Å². The molecule has 2 heteroatoms. The molecule has 0 radical (unpaired) electrons. The molecule has 1 fully saturated rings. The standard InChI is InChI=1S/C16H25NO/c1-13-7-6-8-14(2)16(13)18-12-10-15-9-4-3-5-11-17-15/h6-8,15,17H,3-5,9-12H2,1-2H3. The zero-order valence-corrected chi connectivity index (χ0v) is 11.7. The van der Waals surface area contributed by atoms with Crippen molar-refractivity contribution in [3.63, 3.8) is 0 Å². The Bertz CT molecular complexity index is 347. The minimum absolute atomic E-state index is 0.650. The summed E-state index contributed by atoms with van der Waals surface area (Å²) in [6, 6.07) is 6.97. The molecular weight excluding hydrogens is 222 g/mol. The number of nitrogens with one attached hydrogen (secondary N) is 1. The summed E-state index contributed by atoms with van der Waals surface area (Å²) in [5.41, 5.74) is 2.48. The van der Waals surface area contributed by atoms with Crippen LogP contribution in [0.25, 0.3) is 0 Å². The molecule has 2 nitrogen and oxygen atoms in total. The minimum Gasteiger partial charge on any atom is -0.493 e. The van der Waals surface area contributed by atoms with Gasteiger partial charge in [0.1, 0.15) is 5.75 Å². The van der Waals surface area contributed by atoms with Crippen molar-refractivity contribution in [2.75, 3.05) is 13.2 Å². The van der Waals surface area contributed by atoms with Crippen LogP contribution in [-0.4, -0.2) is 19.2 Å².